The van der Waals surface area contributed by atoms with Crippen LogP contribution in [0.4, 0.5) is 10.1 Å². The summed E-state index contributed by atoms with van der Waals surface area (Å²) in [5, 5.41) is 1.90. The van der Waals surface area contributed by atoms with Gasteiger partial charge < -0.3 is 15.4 Å². The summed E-state index contributed by atoms with van der Waals surface area (Å²) in [7, 11) is 0. The monoisotopic (exact) mass is 213 g/mol. The lowest BCUT2D eigenvalue weighted by Gasteiger charge is -2.25. The number of morpholine rings is 1. The number of nitrogens with two attached hydrogens (primary N) is 1. The number of anilines is 2. The van der Waals surface area contributed by atoms with Crippen molar-refractivity contribution in [1.29, 1.82) is 0 Å². The van der Waals surface area contributed by atoms with Gasteiger partial charge in [-0.05, 0) is 6.42 Å². The van der Waals surface area contributed by atoms with Gasteiger partial charge in [0.25, 0.3) is 0 Å². The van der Waals surface area contributed by atoms with Crippen LogP contribution < -0.4 is 10.6 Å². The molecule has 1 saturated heterocycles. The van der Waals surface area contributed by atoms with Crippen molar-refractivity contribution in [3.05, 3.63) is 5.69 Å². The third-order valence-electron chi connectivity index (χ3n) is 2.33. The fraction of sp³-hybridized carbons (Fsp3) is 0.667. The van der Waals surface area contributed by atoms with Gasteiger partial charge in [0.2, 0.25) is 0 Å². The van der Waals surface area contributed by atoms with Crippen LogP contribution in [0.15, 0.2) is 0 Å². The predicted molar refractivity (Wildman–Crippen MR) is 58.9 cm³/mol. The summed E-state index contributed by atoms with van der Waals surface area (Å²) >= 11 is 1.58. The van der Waals surface area contributed by atoms with Gasteiger partial charge in [0.05, 0.1) is 18.9 Å². The van der Waals surface area contributed by atoms with Gasteiger partial charge in [-0.2, -0.15) is 0 Å². The normalized spacial score (nSPS) is 17.4. The number of nitrogens with zero attached hydrogens (tertiary/aromatic N) is 2. The molecule has 14 heavy (non-hydrogen) atoms. The molecule has 0 atom stereocenters. The quantitative estimate of drug-likeness (QED) is 0.800. The van der Waals surface area contributed by atoms with Crippen LogP contribution in [-0.2, 0) is 11.2 Å². The highest BCUT2D eigenvalue weighted by Crippen LogP contribution is 2.29. The van der Waals surface area contributed by atoms with Crippen molar-refractivity contribution >= 4 is 21.5 Å². The number of nitrogen functional groups attached to an aromatic ring is 1. The number of rotatable bonds is 2. The highest BCUT2D eigenvalue weighted by molar-refractivity contribution is 7.19. The van der Waals surface area contributed by atoms with E-state index in [1.54, 1.807) is 11.3 Å². The van der Waals surface area contributed by atoms with E-state index in [4.69, 9.17) is 10.5 Å². The molecule has 5 heteroatoms. The van der Waals surface area contributed by atoms with Crippen molar-refractivity contribution in [2.45, 2.75) is 13.3 Å². The van der Waals surface area contributed by atoms with Crippen molar-refractivity contribution in [3.63, 3.8) is 0 Å². The average molecular weight is 213 g/mol. The van der Waals surface area contributed by atoms with E-state index in [9.17, 15) is 0 Å². The third-order valence-corrected chi connectivity index (χ3v) is 3.32. The number of thiazole rings is 1. The maximum atomic E-state index is 5.86. The summed E-state index contributed by atoms with van der Waals surface area (Å²) in [5.41, 5.74) is 6.88. The molecule has 4 nitrogen and oxygen atoms in total. The zero-order chi connectivity index (χ0) is 9.97. The van der Waals surface area contributed by atoms with Gasteiger partial charge in [-0.1, -0.05) is 18.3 Å². The van der Waals surface area contributed by atoms with E-state index in [1.165, 1.54) is 0 Å². The molecule has 1 aromatic heterocycles. The Kier molecular flexibility index (Phi) is 2.88. The van der Waals surface area contributed by atoms with E-state index < -0.39 is 0 Å². The Labute approximate surface area is 87.7 Å². The molecule has 0 radical (unpaired) electrons. The molecule has 0 unspecified atom stereocenters. The minimum atomic E-state index is 0.793. The lowest BCUT2D eigenvalue weighted by Crippen LogP contribution is -2.36. The molecular weight excluding hydrogens is 198 g/mol. The average Bonchev–Trinajstić information content (AvgIpc) is 2.61. The van der Waals surface area contributed by atoms with E-state index in [0.29, 0.717) is 0 Å². The molecule has 0 aromatic carbocycles. The standard InChI is InChI=1S/C9H15N3OS/c1-2-7-8(10)14-9(11-7)12-3-5-13-6-4-12/h2-6,10H2,1H3. The van der Waals surface area contributed by atoms with Gasteiger partial charge in [0.15, 0.2) is 5.13 Å². The molecule has 2 heterocycles. The second-order valence-electron chi connectivity index (χ2n) is 3.26. The first-order valence-electron chi connectivity index (χ1n) is 4.89. The molecule has 1 fully saturated rings. The molecule has 0 amide bonds. The molecule has 0 bridgehead atoms. The molecule has 2 N–H and O–H groups in total. The highest BCUT2D eigenvalue weighted by atomic mass is 32.1. The fourth-order valence-corrected chi connectivity index (χ4v) is 2.47. The van der Waals surface area contributed by atoms with Crippen molar-refractivity contribution < 1.29 is 4.74 Å². The lowest BCUT2D eigenvalue weighted by atomic mass is 10.4. The number of aryl methyl sites for hydroxylation is 1. The summed E-state index contributed by atoms with van der Waals surface area (Å²) in [6.07, 6.45) is 0.909. The van der Waals surface area contributed by atoms with Gasteiger partial charge >= 0.3 is 0 Å². The van der Waals surface area contributed by atoms with Crippen molar-refractivity contribution in [3.8, 4) is 0 Å². The van der Waals surface area contributed by atoms with Crippen LogP contribution in [0.5, 0.6) is 0 Å². The van der Waals surface area contributed by atoms with Crippen LogP contribution in [-0.4, -0.2) is 31.3 Å². The van der Waals surface area contributed by atoms with Crippen LogP contribution in [0.25, 0.3) is 0 Å². The summed E-state index contributed by atoms with van der Waals surface area (Å²) in [6, 6.07) is 0. The fourth-order valence-electron chi connectivity index (χ4n) is 1.49. The summed E-state index contributed by atoms with van der Waals surface area (Å²) in [5.74, 6) is 0. The summed E-state index contributed by atoms with van der Waals surface area (Å²) in [4.78, 5) is 6.76. The van der Waals surface area contributed by atoms with Gasteiger partial charge in [-0.3, -0.25) is 0 Å². The van der Waals surface area contributed by atoms with Crippen LogP contribution in [0.3, 0.4) is 0 Å². The van der Waals surface area contributed by atoms with Gasteiger partial charge in [-0.25, -0.2) is 4.98 Å². The van der Waals surface area contributed by atoms with E-state index in [1.807, 2.05) is 0 Å². The summed E-state index contributed by atoms with van der Waals surface area (Å²) in [6.45, 7) is 5.52. The molecule has 0 aliphatic carbocycles. The topological polar surface area (TPSA) is 51.4 Å². The zero-order valence-electron chi connectivity index (χ0n) is 8.32. The van der Waals surface area contributed by atoms with Crippen molar-refractivity contribution in [2.75, 3.05) is 36.9 Å². The Morgan fingerprint density at radius 2 is 2.21 bits per heavy atom. The zero-order valence-corrected chi connectivity index (χ0v) is 9.14. The highest BCUT2D eigenvalue weighted by Gasteiger charge is 2.16. The van der Waals surface area contributed by atoms with E-state index >= 15 is 0 Å². The molecule has 78 valence electrons. The first kappa shape index (κ1) is 9.73. The number of aromatic nitrogens is 1. The first-order chi connectivity index (χ1) is 6.81. The van der Waals surface area contributed by atoms with Crippen molar-refractivity contribution in [1.82, 2.24) is 4.98 Å². The second kappa shape index (κ2) is 4.14. The maximum absolute atomic E-state index is 5.86. The molecule has 0 saturated carbocycles. The minimum Gasteiger partial charge on any atom is -0.389 e. The molecule has 2 rings (SSSR count). The second-order valence-corrected chi connectivity index (χ2v) is 4.27. The van der Waals surface area contributed by atoms with Crippen LogP contribution in [0.2, 0.25) is 0 Å². The third kappa shape index (κ3) is 1.83. The molecular formula is C9H15N3OS. The SMILES string of the molecule is CCc1nc(N2CCOCC2)sc1N. The Morgan fingerprint density at radius 3 is 2.79 bits per heavy atom. The largest absolute Gasteiger partial charge is 0.389 e. The Bertz CT molecular complexity index is 307. The summed E-state index contributed by atoms with van der Waals surface area (Å²) < 4.78 is 5.29. The number of ether oxygens (including phenoxy) is 1. The van der Waals surface area contributed by atoms with E-state index in [-0.39, 0.29) is 0 Å². The van der Waals surface area contributed by atoms with Gasteiger partial charge in [0, 0.05) is 13.1 Å². The van der Waals surface area contributed by atoms with Crippen LogP contribution in [0.1, 0.15) is 12.6 Å². The Balaban J connectivity index is 2.14. The predicted octanol–water partition coefficient (Wildman–Crippen LogP) is 1.12. The Morgan fingerprint density at radius 1 is 1.50 bits per heavy atom. The van der Waals surface area contributed by atoms with Gasteiger partial charge in [-0.15, -0.1) is 0 Å². The van der Waals surface area contributed by atoms with Crippen molar-refractivity contribution in [2.24, 2.45) is 0 Å². The molecule has 1 aromatic rings. The first-order valence-corrected chi connectivity index (χ1v) is 5.70. The lowest BCUT2D eigenvalue weighted by molar-refractivity contribution is 0.122. The van der Waals surface area contributed by atoms with E-state index in [2.05, 4.69) is 16.8 Å². The minimum absolute atomic E-state index is 0.793. The van der Waals surface area contributed by atoms with Gasteiger partial charge in [0.1, 0.15) is 5.00 Å². The Hall–Kier alpha value is -0.810. The van der Waals surface area contributed by atoms with E-state index in [0.717, 1.165) is 48.6 Å². The molecule has 0 spiro atoms. The molecule has 1 aliphatic heterocycles. The maximum Gasteiger partial charge on any atom is 0.187 e. The smallest absolute Gasteiger partial charge is 0.187 e. The molecule has 1 aliphatic rings. The van der Waals surface area contributed by atoms with Crippen LogP contribution >= 0.6 is 11.3 Å². The number of hydrogen-bond donors (Lipinski definition) is 1. The van der Waals surface area contributed by atoms with Crippen LogP contribution in [0, 0.1) is 0 Å². The number of hydrogen-bond acceptors (Lipinski definition) is 5.